The van der Waals surface area contributed by atoms with Crippen LogP contribution in [0, 0.1) is 0 Å². The average Bonchev–Trinajstić information content (AvgIpc) is 3.68. The van der Waals surface area contributed by atoms with Crippen LogP contribution in [0.5, 0.6) is 0 Å². The molecule has 0 aliphatic rings. The lowest BCUT2D eigenvalue weighted by Gasteiger charge is -2.05. The number of hydrogen-bond acceptors (Lipinski definition) is 7. The van der Waals surface area contributed by atoms with Gasteiger partial charge in [0.25, 0.3) is 0 Å². The molecule has 0 aliphatic carbocycles. The minimum absolute atomic E-state index is 0.367. The Morgan fingerprint density at radius 3 is 0.955 bits per heavy atom. The second kappa shape index (κ2) is 59.6. The third-order valence-corrected chi connectivity index (χ3v) is 12.3. The molecular formula is C75H113Cl6N7. The number of pyridine rings is 5. The molecule has 6 aromatic heterocycles. The second-order valence-electron chi connectivity index (χ2n) is 20.4. The maximum atomic E-state index is 5.81. The van der Waals surface area contributed by atoms with Crippen LogP contribution in [-0.4, -0.2) is 34.9 Å². The molecule has 0 N–H and O–H groups in total. The van der Waals surface area contributed by atoms with Crippen molar-refractivity contribution >= 4 is 69.6 Å². The van der Waals surface area contributed by atoms with Gasteiger partial charge in [0, 0.05) is 69.8 Å². The van der Waals surface area contributed by atoms with E-state index in [9.17, 15) is 0 Å². The van der Waals surface area contributed by atoms with E-state index >= 15 is 0 Å². The lowest BCUT2D eigenvalue weighted by atomic mass is 10.0. The lowest BCUT2D eigenvalue weighted by molar-refractivity contribution is 0.823. The summed E-state index contributed by atoms with van der Waals surface area (Å²) < 4.78 is 0. The van der Waals surface area contributed by atoms with E-state index in [1.807, 2.05) is 179 Å². The molecule has 0 saturated carbocycles. The van der Waals surface area contributed by atoms with E-state index in [1.54, 1.807) is 24.7 Å². The first-order valence-electron chi connectivity index (χ1n) is 31.4. The van der Waals surface area contributed by atoms with Gasteiger partial charge in [-0.2, -0.15) is 0 Å². The SMILES string of the molecule is CC.CC.CC.CC.CC.CC(C)c1cc(Cl)cc(Cl)c1.CC(C)c1cc(Cl)cc(Cl)n1.CC(C)c1cc(Cl)nc(Cl)c1.CC(C)c1ccccc1.CC(C)c1ccccn1.CC(C)c1cccnc1.CC(C)c1ccncc1.CC(C)c1cncnc1. The van der Waals surface area contributed by atoms with E-state index < -0.39 is 0 Å². The molecule has 0 atom stereocenters. The smallest absolute Gasteiger partial charge is 0.131 e. The van der Waals surface area contributed by atoms with Crippen molar-refractivity contribution in [1.29, 1.82) is 0 Å². The molecule has 0 amide bonds. The zero-order valence-electron chi connectivity index (χ0n) is 58.6. The fourth-order valence-electron chi connectivity index (χ4n) is 6.14. The fraction of sp³-hybridized carbons (Fsp3) is 0.453. The van der Waals surface area contributed by atoms with Crippen molar-refractivity contribution in [3.63, 3.8) is 0 Å². The van der Waals surface area contributed by atoms with Gasteiger partial charge in [0.2, 0.25) is 0 Å². The highest BCUT2D eigenvalue weighted by Gasteiger charge is 2.05. The molecule has 490 valence electrons. The van der Waals surface area contributed by atoms with E-state index in [-0.39, 0.29) is 0 Å². The highest BCUT2D eigenvalue weighted by Crippen LogP contribution is 2.25. The van der Waals surface area contributed by atoms with Crippen LogP contribution in [0.1, 0.15) is 272 Å². The van der Waals surface area contributed by atoms with Crippen molar-refractivity contribution < 1.29 is 0 Å². The lowest BCUT2D eigenvalue weighted by Crippen LogP contribution is -1.91. The molecular weight excluding hydrogens is 1210 g/mol. The number of halogens is 6. The molecule has 13 heteroatoms. The summed E-state index contributed by atoms with van der Waals surface area (Å²) >= 11 is 34.5. The van der Waals surface area contributed by atoms with Crippen LogP contribution in [0.15, 0.2) is 165 Å². The van der Waals surface area contributed by atoms with Crippen molar-refractivity contribution in [2.75, 3.05) is 0 Å². The van der Waals surface area contributed by atoms with E-state index in [1.165, 1.54) is 27.8 Å². The number of rotatable bonds is 8. The van der Waals surface area contributed by atoms with Crippen LogP contribution >= 0.6 is 69.6 Å². The number of hydrogen-bond donors (Lipinski definition) is 0. The quantitative estimate of drug-likeness (QED) is 0.140. The monoisotopic (exact) mass is 1320 g/mol. The summed E-state index contributed by atoms with van der Waals surface area (Å²) in [6, 6.07) is 37.4. The van der Waals surface area contributed by atoms with Crippen LogP contribution < -0.4 is 0 Å². The number of nitrogens with zero attached hydrogens (tertiary/aromatic N) is 7. The van der Waals surface area contributed by atoms with Gasteiger partial charge in [0.15, 0.2) is 0 Å². The fourth-order valence-corrected chi connectivity index (χ4v) is 7.64. The average molecular weight is 1330 g/mol. The van der Waals surface area contributed by atoms with E-state index in [4.69, 9.17) is 69.6 Å². The molecule has 8 aromatic rings. The topological polar surface area (TPSA) is 90.2 Å². The first-order chi connectivity index (χ1) is 41.8. The molecule has 0 spiro atoms. The van der Waals surface area contributed by atoms with Crippen LogP contribution in [0.4, 0.5) is 0 Å². The minimum atomic E-state index is 0.367. The molecule has 0 saturated heterocycles. The first kappa shape index (κ1) is 91.7. The van der Waals surface area contributed by atoms with Gasteiger partial charge in [0.05, 0.1) is 0 Å². The van der Waals surface area contributed by atoms with Crippen LogP contribution in [0.3, 0.4) is 0 Å². The molecule has 0 fully saturated rings. The Balaban J connectivity index is -0.000000292. The summed E-state index contributed by atoms with van der Waals surface area (Å²) in [6.45, 7) is 54.1. The highest BCUT2D eigenvalue weighted by molar-refractivity contribution is 6.35. The van der Waals surface area contributed by atoms with E-state index in [0.29, 0.717) is 77.9 Å². The third-order valence-electron chi connectivity index (χ3n) is 11.1. The van der Waals surface area contributed by atoms with Crippen LogP contribution in [0.25, 0.3) is 0 Å². The largest absolute Gasteiger partial charge is 0.265 e. The van der Waals surface area contributed by atoms with Crippen molar-refractivity contribution in [3.8, 4) is 0 Å². The Morgan fingerprint density at radius 2 is 0.636 bits per heavy atom. The molecule has 0 radical (unpaired) electrons. The van der Waals surface area contributed by atoms with Crippen molar-refractivity contribution in [2.45, 2.75) is 227 Å². The second-order valence-corrected chi connectivity index (χ2v) is 22.9. The molecule has 0 aliphatic heterocycles. The normalized spacial score (nSPS) is 9.50. The maximum Gasteiger partial charge on any atom is 0.131 e. The Labute approximate surface area is 568 Å². The van der Waals surface area contributed by atoms with Gasteiger partial charge < -0.3 is 0 Å². The standard InChI is InChI=1S/C9H10Cl2.C9H12.2C8H9Cl2N.3C8H11N.C7H10N2.5C2H6/c1-6(2)7-3-8(10)5-9(11)4-7;1-8(2)9-6-4-3-5-7-9;1-5(2)7-3-6(9)4-8(10)11-7;1-5(2)6-3-7(9)11-8(10)4-6;1-7(2)8-3-5-9-6-4-8;1-7(2)8-4-3-5-9-6-8;1-7(2)8-5-3-4-6-9-8;1-6(2)7-3-8-5-9-4-7;5*1-2/h3-6H,1-2H3;3-8H,1-2H3;2*3-5H,1-2H3;3*3-7H,1-2H3;3-6H,1-2H3;5*1-2H3. The summed E-state index contributed by atoms with van der Waals surface area (Å²) in [4.78, 5) is 27.9. The summed E-state index contributed by atoms with van der Waals surface area (Å²) in [7, 11) is 0. The van der Waals surface area contributed by atoms with Crippen molar-refractivity contribution in [2.24, 2.45) is 0 Å². The van der Waals surface area contributed by atoms with Gasteiger partial charge in [-0.1, -0.05) is 292 Å². The van der Waals surface area contributed by atoms with Gasteiger partial charge in [-0.15, -0.1) is 0 Å². The Kier molecular flexibility index (Phi) is 62.2. The first-order valence-corrected chi connectivity index (χ1v) is 33.7. The minimum Gasteiger partial charge on any atom is -0.265 e. The Hall–Kier alpha value is -4.99. The Bertz CT molecular complexity index is 2320. The molecule has 88 heavy (non-hydrogen) atoms. The number of benzene rings is 2. The third kappa shape index (κ3) is 48.9. The molecule has 2 aromatic carbocycles. The summed E-state index contributed by atoms with van der Waals surface area (Å²) in [5, 5.41) is 3.44. The predicted octanol–water partition coefficient (Wildman–Crippen LogP) is 27.3. The predicted molar refractivity (Wildman–Crippen MR) is 396 cm³/mol. The van der Waals surface area contributed by atoms with Crippen LogP contribution in [0.2, 0.25) is 30.5 Å². The zero-order valence-corrected chi connectivity index (χ0v) is 63.1. The molecule has 0 unspecified atom stereocenters. The van der Waals surface area contributed by atoms with E-state index in [0.717, 1.165) is 17.0 Å². The van der Waals surface area contributed by atoms with Gasteiger partial charge in [-0.05, 0) is 154 Å². The summed E-state index contributed by atoms with van der Waals surface area (Å²) in [6.07, 6.45) is 14.4. The van der Waals surface area contributed by atoms with E-state index in [2.05, 4.69) is 176 Å². The zero-order chi connectivity index (χ0) is 68.7. The molecule has 0 bridgehead atoms. The Morgan fingerprint density at radius 1 is 0.261 bits per heavy atom. The summed E-state index contributed by atoms with van der Waals surface area (Å²) in [5.41, 5.74) is 9.66. The molecule has 8 rings (SSSR count). The van der Waals surface area contributed by atoms with Crippen LogP contribution in [-0.2, 0) is 0 Å². The molecule has 7 nitrogen and oxygen atoms in total. The highest BCUT2D eigenvalue weighted by atomic mass is 35.5. The summed E-state index contributed by atoms with van der Waals surface area (Å²) in [5.74, 6) is 4.24. The van der Waals surface area contributed by atoms with Crippen molar-refractivity contribution in [3.05, 3.63) is 240 Å². The molecule has 6 heterocycles. The van der Waals surface area contributed by atoms with Gasteiger partial charge >= 0.3 is 0 Å². The van der Waals surface area contributed by atoms with Gasteiger partial charge in [0.1, 0.15) is 21.8 Å². The van der Waals surface area contributed by atoms with Crippen molar-refractivity contribution in [1.82, 2.24) is 34.9 Å². The number of aromatic nitrogens is 7. The van der Waals surface area contributed by atoms with Gasteiger partial charge in [-0.25, -0.2) is 19.9 Å². The van der Waals surface area contributed by atoms with Gasteiger partial charge in [-0.3, -0.25) is 15.0 Å². The maximum absolute atomic E-state index is 5.81.